The molecule has 0 bridgehead atoms. The van der Waals surface area contributed by atoms with E-state index in [0.29, 0.717) is 6.54 Å². The normalized spacial score (nSPS) is 10.5. The molecule has 0 unspecified atom stereocenters. The molecule has 1 rings (SSSR count). The van der Waals surface area contributed by atoms with Gasteiger partial charge in [-0.25, -0.2) is 13.2 Å². The monoisotopic (exact) mass is 249 g/mol. The summed E-state index contributed by atoms with van der Waals surface area (Å²) >= 11 is 1.79. The van der Waals surface area contributed by atoms with Crippen LogP contribution in [0, 0.1) is 17.5 Å². The first kappa shape index (κ1) is 13.2. The fourth-order valence-electron chi connectivity index (χ4n) is 1.20. The summed E-state index contributed by atoms with van der Waals surface area (Å²) in [6.45, 7) is 2.61. The predicted molar refractivity (Wildman–Crippen MR) is 62.4 cm³/mol. The maximum absolute atomic E-state index is 13.2. The highest BCUT2D eigenvalue weighted by molar-refractivity contribution is 7.99. The van der Waals surface area contributed by atoms with Crippen molar-refractivity contribution in [1.29, 1.82) is 0 Å². The summed E-state index contributed by atoms with van der Waals surface area (Å²) in [6.07, 6.45) is 0.858. The smallest absolute Gasteiger partial charge is 0.196 e. The third-order valence-corrected chi connectivity index (χ3v) is 3.01. The van der Waals surface area contributed by atoms with Crippen molar-refractivity contribution in [2.45, 2.75) is 13.3 Å². The summed E-state index contributed by atoms with van der Waals surface area (Å²) in [4.78, 5) is 0. The van der Waals surface area contributed by atoms with E-state index in [9.17, 15) is 13.2 Å². The number of anilines is 1. The van der Waals surface area contributed by atoms with E-state index in [0.717, 1.165) is 24.0 Å². The highest BCUT2D eigenvalue weighted by Crippen LogP contribution is 2.19. The van der Waals surface area contributed by atoms with Crippen molar-refractivity contribution in [1.82, 2.24) is 0 Å². The molecule has 1 aromatic carbocycles. The van der Waals surface area contributed by atoms with Crippen molar-refractivity contribution >= 4 is 17.4 Å². The summed E-state index contributed by atoms with van der Waals surface area (Å²) in [7, 11) is 0. The van der Waals surface area contributed by atoms with E-state index in [1.165, 1.54) is 6.07 Å². The topological polar surface area (TPSA) is 12.0 Å². The van der Waals surface area contributed by atoms with Gasteiger partial charge >= 0.3 is 0 Å². The van der Waals surface area contributed by atoms with Gasteiger partial charge in [-0.15, -0.1) is 0 Å². The summed E-state index contributed by atoms with van der Waals surface area (Å²) in [5, 5.41) is 2.74. The molecular formula is C11H14F3NS. The van der Waals surface area contributed by atoms with Gasteiger partial charge in [-0.3, -0.25) is 0 Å². The van der Waals surface area contributed by atoms with Crippen LogP contribution in [0.4, 0.5) is 18.9 Å². The van der Waals surface area contributed by atoms with Gasteiger partial charge in [-0.2, -0.15) is 11.8 Å². The Morgan fingerprint density at radius 3 is 2.62 bits per heavy atom. The van der Waals surface area contributed by atoms with Crippen LogP contribution in [0.3, 0.4) is 0 Å². The van der Waals surface area contributed by atoms with E-state index in [-0.39, 0.29) is 5.69 Å². The Kier molecular flexibility index (Phi) is 5.52. The lowest BCUT2D eigenvalue weighted by atomic mass is 10.2. The van der Waals surface area contributed by atoms with Crippen LogP contribution in [0.2, 0.25) is 0 Å². The predicted octanol–water partition coefficient (Wildman–Crippen LogP) is 3.66. The largest absolute Gasteiger partial charge is 0.383 e. The quantitative estimate of drug-likeness (QED) is 0.610. The summed E-state index contributed by atoms with van der Waals surface area (Å²) in [5.41, 5.74) is 0.0143. The minimum Gasteiger partial charge on any atom is -0.383 e. The molecule has 1 N–H and O–H groups in total. The zero-order chi connectivity index (χ0) is 12.0. The molecule has 0 saturated heterocycles. The van der Waals surface area contributed by atoms with Crippen molar-refractivity contribution in [3.8, 4) is 0 Å². The highest BCUT2D eigenvalue weighted by Gasteiger charge is 2.12. The van der Waals surface area contributed by atoms with Crippen LogP contribution >= 0.6 is 11.8 Å². The van der Waals surface area contributed by atoms with Crippen molar-refractivity contribution < 1.29 is 13.2 Å². The molecule has 0 atom stereocenters. The molecule has 1 nitrogen and oxygen atoms in total. The van der Waals surface area contributed by atoms with Gasteiger partial charge in [0, 0.05) is 6.54 Å². The maximum atomic E-state index is 13.2. The molecular weight excluding hydrogens is 235 g/mol. The third kappa shape index (κ3) is 3.63. The number of benzene rings is 1. The van der Waals surface area contributed by atoms with Gasteiger partial charge in [0.05, 0.1) is 5.69 Å². The number of rotatable bonds is 6. The lowest BCUT2D eigenvalue weighted by molar-refractivity contribution is 0.449. The van der Waals surface area contributed by atoms with Crippen LogP contribution in [0.5, 0.6) is 0 Å². The zero-order valence-electron chi connectivity index (χ0n) is 9.03. The second-order valence-electron chi connectivity index (χ2n) is 3.20. The Bertz CT molecular complexity index is 344. The number of hydrogen-bond donors (Lipinski definition) is 1. The zero-order valence-corrected chi connectivity index (χ0v) is 9.84. The minimum absolute atomic E-state index is 0.0143. The molecule has 0 amide bonds. The third-order valence-electron chi connectivity index (χ3n) is 2.02. The molecule has 1 aromatic rings. The van der Waals surface area contributed by atoms with E-state index < -0.39 is 17.5 Å². The van der Waals surface area contributed by atoms with Gasteiger partial charge in [-0.1, -0.05) is 6.92 Å². The molecule has 90 valence electrons. The second kappa shape index (κ2) is 6.68. The van der Waals surface area contributed by atoms with Gasteiger partial charge in [0.1, 0.15) is 0 Å². The Hall–Kier alpha value is -0.840. The van der Waals surface area contributed by atoms with Gasteiger partial charge in [0.15, 0.2) is 17.5 Å². The summed E-state index contributed by atoms with van der Waals surface area (Å²) < 4.78 is 38.6. The summed E-state index contributed by atoms with van der Waals surface area (Å²) in [5.74, 6) is -1.73. The second-order valence-corrected chi connectivity index (χ2v) is 4.59. The lowest BCUT2D eigenvalue weighted by Crippen LogP contribution is -2.06. The van der Waals surface area contributed by atoms with E-state index in [1.807, 2.05) is 0 Å². The molecule has 5 heteroatoms. The molecule has 0 aliphatic heterocycles. The fourth-order valence-corrected chi connectivity index (χ4v) is 1.84. The van der Waals surface area contributed by atoms with E-state index in [4.69, 9.17) is 0 Å². The van der Waals surface area contributed by atoms with Crippen LogP contribution < -0.4 is 5.32 Å². The fraction of sp³-hybridized carbons (Fsp3) is 0.455. The molecule has 0 saturated carbocycles. The van der Waals surface area contributed by atoms with E-state index in [2.05, 4.69) is 12.2 Å². The Morgan fingerprint density at radius 2 is 1.94 bits per heavy atom. The van der Waals surface area contributed by atoms with Gasteiger partial charge < -0.3 is 5.32 Å². The minimum atomic E-state index is -1.42. The molecule has 0 heterocycles. The molecule has 0 fully saturated rings. The summed E-state index contributed by atoms with van der Waals surface area (Å²) in [6, 6.07) is 2.13. The standard InChI is InChI=1S/C11H14F3NS/c1-2-16-7-3-6-15-9-5-4-8(12)10(13)11(9)14/h4-5,15H,2-3,6-7H2,1H3. The molecule has 0 aliphatic carbocycles. The first-order valence-electron chi connectivity index (χ1n) is 5.12. The average molecular weight is 249 g/mol. The van der Waals surface area contributed by atoms with Gasteiger partial charge in [0.2, 0.25) is 0 Å². The highest BCUT2D eigenvalue weighted by atomic mass is 32.2. The first-order chi connectivity index (χ1) is 7.66. The lowest BCUT2D eigenvalue weighted by Gasteiger charge is -2.07. The molecule has 0 aliphatic rings. The first-order valence-corrected chi connectivity index (χ1v) is 6.27. The SMILES string of the molecule is CCSCCCNc1ccc(F)c(F)c1F. The Balaban J connectivity index is 2.45. The van der Waals surface area contributed by atoms with E-state index in [1.54, 1.807) is 11.8 Å². The van der Waals surface area contributed by atoms with Crippen LogP contribution in [0.25, 0.3) is 0 Å². The van der Waals surface area contributed by atoms with Crippen LogP contribution in [-0.4, -0.2) is 18.1 Å². The van der Waals surface area contributed by atoms with Crippen molar-refractivity contribution in [2.24, 2.45) is 0 Å². The number of thioether (sulfide) groups is 1. The van der Waals surface area contributed by atoms with Gasteiger partial charge in [-0.05, 0) is 30.1 Å². The average Bonchev–Trinajstić information content (AvgIpc) is 2.28. The van der Waals surface area contributed by atoms with Crippen molar-refractivity contribution in [3.63, 3.8) is 0 Å². The molecule has 0 radical (unpaired) electrons. The Labute approximate surface area is 97.4 Å². The van der Waals surface area contributed by atoms with Crippen molar-refractivity contribution in [2.75, 3.05) is 23.4 Å². The molecule has 0 spiro atoms. The molecule has 16 heavy (non-hydrogen) atoms. The van der Waals surface area contributed by atoms with Gasteiger partial charge in [0.25, 0.3) is 0 Å². The number of nitrogens with one attached hydrogen (secondary N) is 1. The maximum Gasteiger partial charge on any atom is 0.196 e. The molecule has 0 aromatic heterocycles. The van der Waals surface area contributed by atoms with Crippen molar-refractivity contribution in [3.05, 3.63) is 29.6 Å². The van der Waals surface area contributed by atoms with Crippen LogP contribution in [-0.2, 0) is 0 Å². The number of halogens is 3. The van der Waals surface area contributed by atoms with Crippen LogP contribution in [0.15, 0.2) is 12.1 Å². The van der Waals surface area contributed by atoms with Crippen LogP contribution in [0.1, 0.15) is 13.3 Å². The number of hydrogen-bond acceptors (Lipinski definition) is 2. The Morgan fingerprint density at radius 1 is 1.19 bits per heavy atom. The van der Waals surface area contributed by atoms with E-state index >= 15 is 0 Å².